The zero-order valence-electron chi connectivity index (χ0n) is 29.9. The molecular formula is C45H46N4OPt. The molecule has 0 saturated carbocycles. The van der Waals surface area contributed by atoms with Gasteiger partial charge in [0.15, 0.2) is 0 Å². The number of unbranched alkanes of at least 4 members (excludes halogenated alkanes) is 6. The van der Waals surface area contributed by atoms with Gasteiger partial charge in [0, 0.05) is 34.5 Å². The van der Waals surface area contributed by atoms with Crippen LogP contribution in [0.15, 0.2) is 103 Å². The van der Waals surface area contributed by atoms with E-state index in [0.29, 0.717) is 11.5 Å². The maximum absolute atomic E-state index is 6.54. The van der Waals surface area contributed by atoms with Crippen LogP contribution < -0.4 is 4.74 Å². The van der Waals surface area contributed by atoms with Gasteiger partial charge < -0.3 is 9.30 Å². The maximum Gasteiger partial charge on any atom is 2.00 e. The van der Waals surface area contributed by atoms with Crippen molar-refractivity contribution in [3.63, 3.8) is 0 Å². The van der Waals surface area contributed by atoms with E-state index in [9.17, 15) is 0 Å². The van der Waals surface area contributed by atoms with Crippen molar-refractivity contribution < 1.29 is 25.8 Å². The van der Waals surface area contributed by atoms with E-state index >= 15 is 0 Å². The number of aromatic nitrogens is 4. The Morgan fingerprint density at radius 3 is 2.22 bits per heavy atom. The first-order valence-electron chi connectivity index (χ1n) is 18.4. The summed E-state index contributed by atoms with van der Waals surface area (Å²) in [6.45, 7) is 6.62. The monoisotopic (exact) mass is 853 g/mol. The van der Waals surface area contributed by atoms with E-state index in [1.54, 1.807) is 0 Å². The molecule has 4 aromatic carbocycles. The Bertz CT molecular complexity index is 2200. The summed E-state index contributed by atoms with van der Waals surface area (Å²) in [6.07, 6.45) is 13.4. The van der Waals surface area contributed by atoms with E-state index in [1.807, 2.05) is 30.5 Å². The molecule has 7 rings (SSSR count). The Hall–Kier alpha value is -4.47. The van der Waals surface area contributed by atoms with Crippen LogP contribution in [0.25, 0.3) is 44.4 Å². The number of hydrogen-bond donors (Lipinski definition) is 0. The molecule has 0 radical (unpaired) electrons. The maximum atomic E-state index is 6.54. The molecule has 5 nitrogen and oxygen atoms in total. The van der Waals surface area contributed by atoms with Gasteiger partial charge in [-0.2, -0.15) is 17.2 Å². The van der Waals surface area contributed by atoms with E-state index in [0.717, 1.165) is 64.6 Å². The molecule has 0 saturated heterocycles. The van der Waals surface area contributed by atoms with Crippen LogP contribution in [0.2, 0.25) is 0 Å². The summed E-state index contributed by atoms with van der Waals surface area (Å²) < 4.78 is 10.9. The smallest absolute Gasteiger partial charge is 0.509 e. The summed E-state index contributed by atoms with van der Waals surface area (Å²) in [5.41, 5.74) is 9.03. The molecule has 0 unspecified atom stereocenters. The van der Waals surface area contributed by atoms with Crippen molar-refractivity contribution in [3.05, 3.63) is 132 Å². The molecule has 0 atom stereocenters. The average molecular weight is 854 g/mol. The minimum absolute atomic E-state index is 0. The third kappa shape index (κ3) is 8.05. The molecule has 0 aliphatic heterocycles. The zero-order chi connectivity index (χ0) is 34.3. The van der Waals surface area contributed by atoms with Crippen LogP contribution in [-0.4, -0.2) is 19.3 Å². The second kappa shape index (κ2) is 17.2. The quantitative estimate of drug-likeness (QED) is 0.0762. The second-order valence-corrected chi connectivity index (χ2v) is 13.3. The van der Waals surface area contributed by atoms with Gasteiger partial charge >= 0.3 is 21.1 Å². The second-order valence-electron chi connectivity index (χ2n) is 13.3. The number of hydrogen-bond acceptors (Lipinski definition) is 3. The van der Waals surface area contributed by atoms with Crippen molar-refractivity contribution in [1.29, 1.82) is 0 Å². The predicted molar refractivity (Wildman–Crippen MR) is 206 cm³/mol. The van der Waals surface area contributed by atoms with Crippen LogP contribution in [0.4, 0.5) is 0 Å². The fraction of sp³-hybridized carbons (Fsp3) is 0.289. The van der Waals surface area contributed by atoms with Crippen LogP contribution in [0.3, 0.4) is 0 Å². The fourth-order valence-electron chi connectivity index (χ4n) is 7.04. The van der Waals surface area contributed by atoms with Crippen LogP contribution >= 0.6 is 0 Å². The van der Waals surface area contributed by atoms with Crippen molar-refractivity contribution in [2.24, 2.45) is 0 Å². The number of fused-ring (bicyclic) bond motifs is 3. The number of benzene rings is 4. The molecule has 0 bridgehead atoms. The summed E-state index contributed by atoms with van der Waals surface area (Å²) in [4.78, 5) is 4.73. The van der Waals surface area contributed by atoms with Crippen molar-refractivity contribution in [3.8, 4) is 34.1 Å². The summed E-state index contributed by atoms with van der Waals surface area (Å²) in [6, 6.07) is 40.8. The van der Waals surface area contributed by atoms with Crippen LogP contribution in [-0.2, 0) is 33.9 Å². The first-order valence-corrected chi connectivity index (χ1v) is 18.4. The molecule has 0 aliphatic carbocycles. The molecule has 51 heavy (non-hydrogen) atoms. The molecule has 7 aromatic rings. The van der Waals surface area contributed by atoms with Gasteiger partial charge in [0.1, 0.15) is 5.82 Å². The molecule has 262 valence electrons. The van der Waals surface area contributed by atoms with Crippen LogP contribution in [0.1, 0.15) is 82.2 Å². The SMILES string of the molecule is CCCCCCc1nn(-c2[c-]c(Oc3[c-]c4c(cc3)c3ccccc3n4-c3cc(C)ccn3)ccc2)c(CCCCCC)c1-c1ccccc1.[Pt+2]. The Balaban J connectivity index is 0.00000448. The van der Waals surface area contributed by atoms with E-state index in [4.69, 9.17) is 14.8 Å². The molecule has 6 heteroatoms. The van der Waals surface area contributed by atoms with E-state index in [1.165, 1.54) is 61.0 Å². The summed E-state index contributed by atoms with van der Waals surface area (Å²) in [7, 11) is 0. The zero-order valence-corrected chi connectivity index (χ0v) is 32.2. The van der Waals surface area contributed by atoms with Gasteiger partial charge in [-0.05, 0) is 73.0 Å². The minimum atomic E-state index is 0. The van der Waals surface area contributed by atoms with Crippen molar-refractivity contribution >= 4 is 21.8 Å². The third-order valence-corrected chi connectivity index (χ3v) is 9.54. The van der Waals surface area contributed by atoms with Gasteiger partial charge in [-0.15, -0.1) is 35.7 Å². The molecule has 0 N–H and O–H groups in total. The van der Waals surface area contributed by atoms with Gasteiger partial charge in [0.2, 0.25) is 0 Å². The Morgan fingerprint density at radius 1 is 0.686 bits per heavy atom. The van der Waals surface area contributed by atoms with Gasteiger partial charge in [0.25, 0.3) is 0 Å². The van der Waals surface area contributed by atoms with E-state index in [2.05, 4.69) is 115 Å². The molecule has 0 fully saturated rings. The number of rotatable bonds is 15. The largest absolute Gasteiger partial charge is 2.00 e. The van der Waals surface area contributed by atoms with Gasteiger partial charge in [0.05, 0.1) is 5.69 Å². The Morgan fingerprint density at radius 2 is 1.43 bits per heavy atom. The first-order chi connectivity index (χ1) is 24.6. The number of para-hydroxylation sites is 1. The van der Waals surface area contributed by atoms with Crippen molar-refractivity contribution in [2.75, 3.05) is 0 Å². The Labute approximate surface area is 317 Å². The van der Waals surface area contributed by atoms with Crippen LogP contribution in [0.5, 0.6) is 11.5 Å². The first kappa shape index (κ1) is 36.3. The number of nitrogens with zero attached hydrogens (tertiary/aromatic N) is 4. The topological polar surface area (TPSA) is 44.9 Å². The van der Waals surface area contributed by atoms with E-state index in [-0.39, 0.29) is 21.1 Å². The van der Waals surface area contributed by atoms with Crippen molar-refractivity contribution in [2.45, 2.75) is 85.0 Å². The number of aryl methyl sites for hydroxylation is 2. The van der Waals surface area contributed by atoms with Crippen molar-refractivity contribution in [1.82, 2.24) is 19.3 Å². The van der Waals surface area contributed by atoms with Crippen LogP contribution in [0, 0.1) is 19.1 Å². The summed E-state index contributed by atoms with van der Waals surface area (Å²) in [5, 5.41) is 7.60. The molecule has 3 aromatic heterocycles. The summed E-state index contributed by atoms with van der Waals surface area (Å²) in [5.74, 6) is 2.13. The molecule has 0 aliphatic rings. The minimum Gasteiger partial charge on any atom is -0.509 e. The molecule has 0 spiro atoms. The van der Waals surface area contributed by atoms with Gasteiger partial charge in [-0.25, -0.2) is 4.98 Å². The standard InChI is InChI=1S/C45H46N4O.Pt/c1-4-6-8-13-23-40-45(34-18-11-10-12-19-34)42(25-14-9-7-5-2)49(47-40)35-20-17-21-36(31-35)50-37-26-27-39-38-22-15-16-24-41(38)48(43(39)32-37)44-30-33(3)28-29-46-44;/h10-12,15-22,24,26-30H,4-9,13-14,23,25H2,1-3H3;/q-2;+2. The molecule has 3 heterocycles. The van der Waals surface area contributed by atoms with E-state index < -0.39 is 0 Å². The summed E-state index contributed by atoms with van der Waals surface area (Å²) >= 11 is 0. The molecular weight excluding hydrogens is 808 g/mol. The number of pyridine rings is 1. The average Bonchev–Trinajstić information content (AvgIpc) is 3.67. The predicted octanol–water partition coefficient (Wildman–Crippen LogP) is 12.0. The van der Waals surface area contributed by atoms with Gasteiger partial charge in [-0.3, -0.25) is 4.68 Å². The Kier molecular flexibility index (Phi) is 12.2. The fourth-order valence-corrected chi connectivity index (χ4v) is 7.04. The van der Waals surface area contributed by atoms with Gasteiger partial charge in [-0.1, -0.05) is 106 Å². The molecule has 0 amide bonds. The normalized spacial score (nSPS) is 11.3. The third-order valence-electron chi connectivity index (χ3n) is 9.54. The number of ether oxygens (including phenoxy) is 1.